The summed E-state index contributed by atoms with van der Waals surface area (Å²) < 4.78 is 7.82. The van der Waals surface area contributed by atoms with E-state index in [0.29, 0.717) is 32.7 Å². The fraction of sp³-hybridized carbons (Fsp3) is 0.440. The molecule has 0 spiro atoms. The Balaban J connectivity index is 1.42. The molecule has 32 heavy (non-hydrogen) atoms. The summed E-state index contributed by atoms with van der Waals surface area (Å²) >= 11 is 0. The minimum absolute atomic E-state index is 0.110. The molecule has 7 heteroatoms. The number of hydrogen-bond acceptors (Lipinski definition) is 5. The van der Waals surface area contributed by atoms with Gasteiger partial charge in [-0.15, -0.1) is 0 Å². The van der Waals surface area contributed by atoms with E-state index in [9.17, 15) is 4.79 Å². The van der Waals surface area contributed by atoms with Crippen molar-refractivity contribution in [3.05, 3.63) is 76.1 Å². The molecule has 3 aromatic rings. The fourth-order valence-electron chi connectivity index (χ4n) is 4.16. The standard InChI is InChI=1S/C25H31N5O2/c1-17-5-7-21(8-6-17)14-22-13-18(2)26-23(15-22)24-16-29(11-12-32-24)25(31)9-10-30-20(4)27-19(3)28-30/h5-8,13,15,24H,9-12,14,16H2,1-4H3/t24-/m0/s1. The number of rotatable bonds is 6. The summed E-state index contributed by atoms with van der Waals surface area (Å²) in [4.78, 5) is 23.8. The minimum Gasteiger partial charge on any atom is -0.368 e. The molecule has 0 radical (unpaired) electrons. The van der Waals surface area contributed by atoms with Gasteiger partial charge in [0, 0.05) is 18.7 Å². The topological polar surface area (TPSA) is 73.1 Å². The van der Waals surface area contributed by atoms with E-state index >= 15 is 0 Å². The van der Waals surface area contributed by atoms with Gasteiger partial charge in [0.2, 0.25) is 5.91 Å². The molecule has 4 rings (SSSR count). The fourth-order valence-corrected chi connectivity index (χ4v) is 4.16. The molecule has 1 aromatic carbocycles. The smallest absolute Gasteiger partial charge is 0.224 e. The Hall–Kier alpha value is -3.06. The minimum atomic E-state index is -0.209. The highest BCUT2D eigenvalue weighted by Gasteiger charge is 2.26. The Morgan fingerprint density at radius 3 is 2.56 bits per heavy atom. The lowest BCUT2D eigenvalue weighted by molar-refractivity contribution is -0.139. The van der Waals surface area contributed by atoms with E-state index < -0.39 is 0 Å². The molecule has 1 fully saturated rings. The Labute approximate surface area is 189 Å². The number of hydrogen-bond donors (Lipinski definition) is 0. The zero-order chi connectivity index (χ0) is 22.7. The summed E-state index contributed by atoms with van der Waals surface area (Å²) in [5.74, 6) is 1.67. The van der Waals surface area contributed by atoms with Gasteiger partial charge in [-0.25, -0.2) is 9.67 Å². The first kappa shape index (κ1) is 22.1. The molecule has 1 aliphatic rings. The number of carbonyl (C=O) groups is 1. The molecule has 1 atom stereocenters. The maximum atomic E-state index is 12.9. The normalized spacial score (nSPS) is 16.4. The van der Waals surface area contributed by atoms with Crippen LogP contribution in [0.4, 0.5) is 0 Å². The maximum absolute atomic E-state index is 12.9. The number of ether oxygens (including phenoxy) is 1. The SMILES string of the molecule is Cc1ccc(Cc2cc(C)nc([C@@H]3CN(C(=O)CCn4nc(C)nc4C)CCO3)c2)cc1. The van der Waals surface area contributed by atoms with E-state index in [1.165, 1.54) is 16.7 Å². The van der Waals surface area contributed by atoms with Gasteiger partial charge in [0.05, 0.1) is 25.4 Å². The van der Waals surface area contributed by atoms with Crippen LogP contribution in [-0.4, -0.2) is 50.3 Å². The monoisotopic (exact) mass is 433 g/mol. The lowest BCUT2D eigenvalue weighted by Gasteiger charge is -2.33. The molecule has 0 unspecified atom stereocenters. The number of pyridine rings is 1. The predicted octanol–water partition coefficient (Wildman–Crippen LogP) is 3.49. The third-order valence-electron chi connectivity index (χ3n) is 5.81. The Morgan fingerprint density at radius 2 is 1.84 bits per heavy atom. The summed E-state index contributed by atoms with van der Waals surface area (Å²) in [5.41, 5.74) is 5.60. The molecule has 1 saturated heterocycles. The van der Waals surface area contributed by atoms with Gasteiger partial charge in [0.1, 0.15) is 17.8 Å². The van der Waals surface area contributed by atoms with Crippen molar-refractivity contribution in [3.8, 4) is 0 Å². The number of aryl methyl sites for hydroxylation is 5. The third-order valence-corrected chi connectivity index (χ3v) is 5.81. The van der Waals surface area contributed by atoms with Crippen LogP contribution >= 0.6 is 0 Å². The summed E-state index contributed by atoms with van der Waals surface area (Å²) in [6.07, 6.45) is 1.04. The second kappa shape index (κ2) is 9.61. The van der Waals surface area contributed by atoms with Crippen molar-refractivity contribution in [2.24, 2.45) is 0 Å². The number of benzene rings is 1. The number of amides is 1. The molecule has 0 aliphatic carbocycles. The summed E-state index contributed by atoms with van der Waals surface area (Å²) in [5, 5.41) is 4.35. The molecule has 168 valence electrons. The van der Waals surface area contributed by atoms with Crippen molar-refractivity contribution < 1.29 is 9.53 Å². The lowest BCUT2D eigenvalue weighted by atomic mass is 10.0. The van der Waals surface area contributed by atoms with E-state index in [0.717, 1.165) is 29.5 Å². The Bertz CT molecular complexity index is 1090. The average molecular weight is 434 g/mol. The molecule has 2 aromatic heterocycles. The van der Waals surface area contributed by atoms with Crippen molar-refractivity contribution in [2.75, 3.05) is 19.7 Å². The second-order valence-corrected chi connectivity index (χ2v) is 8.58. The van der Waals surface area contributed by atoms with E-state index in [2.05, 4.69) is 53.4 Å². The van der Waals surface area contributed by atoms with Crippen LogP contribution in [-0.2, 0) is 22.5 Å². The first-order valence-corrected chi connectivity index (χ1v) is 11.2. The van der Waals surface area contributed by atoms with Crippen LogP contribution in [0.2, 0.25) is 0 Å². The zero-order valence-corrected chi connectivity index (χ0v) is 19.3. The predicted molar refractivity (Wildman–Crippen MR) is 122 cm³/mol. The number of carbonyl (C=O) groups excluding carboxylic acids is 1. The van der Waals surface area contributed by atoms with Gasteiger partial charge in [-0.05, 0) is 57.4 Å². The van der Waals surface area contributed by atoms with Gasteiger partial charge in [0.25, 0.3) is 0 Å². The van der Waals surface area contributed by atoms with Crippen molar-refractivity contribution in [1.82, 2.24) is 24.6 Å². The van der Waals surface area contributed by atoms with Gasteiger partial charge in [-0.1, -0.05) is 29.8 Å². The van der Waals surface area contributed by atoms with Crippen LogP contribution in [0, 0.1) is 27.7 Å². The Kier molecular flexibility index (Phi) is 6.65. The zero-order valence-electron chi connectivity index (χ0n) is 19.3. The molecular formula is C25H31N5O2. The molecule has 3 heterocycles. The molecular weight excluding hydrogens is 402 g/mol. The van der Waals surface area contributed by atoms with Crippen molar-refractivity contribution in [3.63, 3.8) is 0 Å². The average Bonchev–Trinajstić information content (AvgIpc) is 3.10. The van der Waals surface area contributed by atoms with Gasteiger partial charge in [-0.3, -0.25) is 9.78 Å². The van der Waals surface area contributed by atoms with Crippen LogP contribution in [0.15, 0.2) is 36.4 Å². The molecule has 0 bridgehead atoms. The van der Waals surface area contributed by atoms with Crippen LogP contribution in [0.3, 0.4) is 0 Å². The van der Waals surface area contributed by atoms with Crippen LogP contribution in [0.5, 0.6) is 0 Å². The van der Waals surface area contributed by atoms with Crippen LogP contribution < -0.4 is 0 Å². The highest BCUT2D eigenvalue weighted by Crippen LogP contribution is 2.24. The highest BCUT2D eigenvalue weighted by atomic mass is 16.5. The molecule has 1 aliphatic heterocycles. The highest BCUT2D eigenvalue weighted by molar-refractivity contribution is 5.76. The van der Waals surface area contributed by atoms with E-state index in [1.54, 1.807) is 4.68 Å². The largest absolute Gasteiger partial charge is 0.368 e. The number of aromatic nitrogens is 4. The van der Waals surface area contributed by atoms with Gasteiger partial charge in [-0.2, -0.15) is 5.10 Å². The van der Waals surface area contributed by atoms with Crippen molar-refractivity contribution in [2.45, 2.75) is 53.2 Å². The molecule has 0 N–H and O–H groups in total. The third kappa shape index (κ3) is 5.40. The van der Waals surface area contributed by atoms with E-state index in [4.69, 9.17) is 9.72 Å². The van der Waals surface area contributed by atoms with Crippen molar-refractivity contribution >= 4 is 5.91 Å². The number of morpholine rings is 1. The van der Waals surface area contributed by atoms with E-state index in [-0.39, 0.29) is 12.0 Å². The first-order valence-electron chi connectivity index (χ1n) is 11.2. The summed E-state index contributed by atoms with van der Waals surface area (Å²) in [6.45, 7) is 10.1. The summed E-state index contributed by atoms with van der Waals surface area (Å²) in [7, 11) is 0. The van der Waals surface area contributed by atoms with Crippen LogP contribution in [0.1, 0.15) is 52.3 Å². The quantitative estimate of drug-likeness (QED) is 0.595. The lowest BCUT2D eigenvalue weighted by Crippen LogP contribution is -2.42. The van der Waals surface area contributed by atoms with Crippen molar-refractivity contribution in [1.29, 1.82) is 0 Å². The van der Waals surface area contributed by atoms with Gasteiger partial charge < -0.3 is 9.64 Å². The van der Waals surface area contributed by atoms with E-state index in [1.807, 2.05) is 25.7 Å². The van der Waals surface area contributed by atoms with Gasteiger partial charge >= 0.3 is 0 Å². The number of nitrogens with zero attached hydrogens (tertiary/aromatic N) is 5. The van der Waals surface area contributed by atoms with Gasteiger partial charge in [0.15, 0.2) is 0 Å². The molecule has 7 nitrogen and oxygen atoms in total. The maximum Gasteiger partial charge on any atom is 0.224 e. The Morgan fingerprint density at radius 1 is 1.06 bits per heavy atom. The van der Waals surface area contributed by atoms with Crippen LogP contribution in [0.25, 0.3) is 0 Å². The molecule has 1 amide bonds. The second-order valence-electron chi connectivity index (χ2n) is 8.58. The molecule has 0 saturated carbocycles. The first-order chi connectivity index (χ1) is 15.4. The summed E-state index contributed by atoms with van der Waals surface area (Å²) in [6, 6.07) is 12.9.